The first-order valence-electron chi connectivity index (χ1n) is 5.86. The maximum atomic E-state index is 13.7. The second-order valence-corrected chi connectivity index (χ2v) is 6.38. The minimum atomic E-state index is -3.96. The molecule has 0 spiro atoms. The van der Waals surface area contributed by atoms with Crippen LogP contribution in [0, 0.1) is 11.7 Å². The quantitative estimate of drug-likeness (QED) is 0.861. The van der Waals surface area contributed by atoms with Crippen molar-refractivity contribution in [2.45, 2.75) is 30.7 Å². The smallest absolute Gasteiger partial charge is 0.335 e. The number of aromatic carboxylic acids is 1. The fourth-order valence-electron chi connectivity index (χ4n) is 1.85. The molecule has 1 saturated carbocycles. The van der Waals surface area contributed by atoms with Crippen LogP contribution < -0.4 is 4.72 Å². The topological polar surface area (TPSA) is 83.5 Å². The van der Waals surface area contributed by atoms with E-state index in [0.717, 1.165) is 25.0 Å². The number of carboxylic acids is 1. The Balaban J connectivity index is 2.27. The normalized spacial score (nSPS) is 17.2. The molecule has 1 aromatic rings. The van der Waals surface area contributed by atoms with Gasteiger partial charge in [-0.25, -0.2) is 22.3 Å². The molecule has 7 heteroatoms. The van der Waals surface area contributed by atoms with E-state index in [0.29, 0.717) is 12.0 Å². The fourth-order valence-corrected chi connectivity index (χ4v) is 3.22. The van der Waals surface area contributed by atoms with Crippen LogP contribution in [0.4, 0.5) is 4.39 Å². The first-order valence-corrected chi connectivity index (χ1v) is 7.35. The summed E-state index contributed by atoms with van der Waals surface area (Å²) < 4.78 is 40.1. The van der Waals surface area contributed by atoms with E-state index < -0.39 is 26.7 Å². The fraction of sp³-hybridized carbons (Fsp3) is 0.417. The molecule has 2 rings (SSSR count). The Kier molecular flexibility index (Phi) is 3.60. The van der Waals surface area contributed by atoms with Gasteiger partial charge in [-0.3, -0.25) is 0 Å². The number of nitrogens with one attached hydrogen (secondary N) is 1. The lowest BCUT2D eigenvalue weighted by Gasteiger charge is -2.13. The largest absolute Gasteiger partial charge is 0.478 e. The van der Waals surface area contributed by atoms with Crippen molar-refractivity contribution in [2.24, 2.45) is 5.92 Å². The van der Waals surface area contributed by atoms with Crippen molar-refractivity contribution in [3.05, 3.63) is 29.6 Å². The van der Waals surface area contributed by atoms with Crippen molar-refractivity contribution >= 4 is 16.0 Å². The number of halogens is 1. The highest BCUT2D eigenvalue weighted by atomic mass is 32.2. The van der Waals surface area contributed by atoms with Gasteiger partial charge in [0.15, 0.2) is 0 Å². The maximum absolute atomic E-state index is 13.7. The van der Waals surface area contributed by atoms with Gasteiger partial charge in [-0.15, -0.1) is 0 Å². The van der Waals surface area contributed by atoms with Crippen molar-refractivity contribution in [1.82, 2.24) is 4.72 Å². The van der Waals surface area contributed by atoms with E-state index in [4.69, 9.17) is 5.11 Å². The molecular weight excluding hydrogens is 273 g/mol. The Morgan fingerprint density at radius 1 is 1.47 bits per heavy atom. The zero-order valence-corrected chi connectivity index (χ0v) is 11.1. The van der Waals surface area contributed by atoms with Gasteiger partial charge in [0, 0.05) is 6.04 Å². The Morgan fingerprint density at radius 2 is 2.11 bits per heavy atom. The van der Waals surface area contributed by atoms with Crippen LogP contribution in [0.3, 0.4) is 0 Å². The molecule has 0 amide bonds. The molecule has 0 saturated heterocycles. The van der Waals surface area contributed by atoms with Crippen molar-refractivity contribution in [3.63, 3.8) is 0 Å². The highest BCUT2D eigenvalue weighted by Gasteiger charge is 2.32. The molecule has 1 aliphatic carbocycles. The molecule has 1 atom stereocenters. The van der Waals surface area contributed by atoms with Crippen LogP contribution in [0.15, 0.2) is 23.1 Å². The number of carbonyl (C=O) groups is 1. The third-order valence-electron chi connectivity index (χ3n) is 3.14. The lowest BCUT2D eigenvalue weighted by Crippen LogP contribution is -2.34. The van der Waals surface area contributed by atoms with Gasteiger partial charge in [-0.2, -0.15) is 0 Å². The summed E-state index contributed by atoms with van der Waals surface area (Å²) >= 11 is 0. The SMILES string of the molecule is CC(NS(=O)(=O)c1ccc(C(=O)O)cc1F)C1CC1. The van der Waals surface area contributed by atoms with Crippen LogP contribution >= 0.6 is 0 Å². The van der Waals surface area contributed by atoms with E-state index >= 15 is 0 Å². The summed E-state index contributed by atoms with van der Waals surface area (Å²) in [5, 5.41) is 8.70. The highest BCUT2D eigenvalue weighted by molar-refractivity contribution is 7.89. The summed E-state index contributed by atoms with van der Waals surface area (Å²) in [5.74, 6) is -2.06. The lowest BCUT2D eigenvalue weighted by molar-refractivity contribution is 0.0696. The van der Waals surface area contributed by atoms with Crippen molar-refractivity contribution < 1.29 is 22.7 Å². The molecule has 1 fully saturated rings. The molecule has 0 bridgehead atoms. The zero-order valence-electron chi connectivity index (χ0n) is 10.3. The van der Waals surface area contributed by atoms with Gasteiger partial charge in [-0.05, 0) is 43.9 Å². The van der Waals surface area contributed by atoms with E-state index in [1.54, 1.807) is 6.92 Å². The van der Waals surface area contributed by atoms with Crippen LogP contribution in [0.2, 0.25) is 0 Å². The molecule has 19 heavy (non-hydrogen) atoms. The van der Waals surface area contributed by atoms with Gasteiger partial charge in [0.1, 0.15) is 10.7 Å². The Hall–Kier alpha value is -1.47. The van der Waals surface area contributed by atoms with Crippen molar-refractivity contribution in [3.8, 4) is 0 Å². The number of hydrogen-bond donors (Lipinski definition) is 2. The van der Waals surface area contributed by atoms with Crippen LogP contribution in [0.1, 0.15) is 30.1 Å². The summed E-state index contributed by atoms with van der Waals surface area (Å²) in [6.07, 6.45) is 1.92. The summed E-state index contributed by atoms with van der Waals surface area (Å²) in [6.45, 7) is 1.73. The second kappa shape index (κ2) is 4.90. The van der Waals surface area contributed by atoms with E-state index in [2.05, 4.69) is 4.72 Å². The van der Waals surface area contributed by atoms with E-state index in [1.165, 1.54) is 0 Å². The van der Waals surface area contributed by atoms with E-state index in [1.807, 2.05) is 0 Å². The minimum absolute atomic E-state index is 0.247. The molecule has 0 heterocycles. The van der Waals surface area contributed by atoms with Gasteiger partial charge in [0.2, 0.25) is 10.0 Å². The van der Waals surface area contributed by atoms with Gasteiger partial charge >= 0.3 is 5.97 Å². The zero-order chi connectivity index (χ0) is 14.2. The molecule has 5 nitrogen and oxygen atoms in total. The molecule has 1 aliphatic rings. The molecular formula is C12H14FNO4S. The maximum Gasteiger partial charge on any atom is 0.335 e. The average molecular weight is 287 g/mol. The summed E-state index contributed by atoms with van der Waals surface area (Å²) in [5.41, 5.74) is -0.285. The summed E-state index contributed by atoms with van der Waals surface area (Å²) in [6, 6.07) is 2.50. The van der Waals surface area contributed by atoms with E-state index in [-0.39, 0.29) is 11.6 Å². The summed E-state index contributed by atoms with van der Waals surface area (Å²) in [4.78, 5) is 10.1. The van der Waals surface area contributed by atoms with Crippen LogP contribution in [0.5, 0.6) is 0 Å². The predicted molar refractivity (Wildman–Crippen MR) is 65.9 cm³/mol. The first kappa shape index (κ1) is 14.0. The average Bonchev–Trinajstić information content (AvgIpc) is 3.11. The monoisotopic (exact) mass is 287 g/mol. The van der Waals surface area contributed by atoms with Gasteiger partial charge in [0.05, 0.1) is 5.56 Å². The highest BCUT2D eigenvalue weighted by Crippen LogP contribution is 2.33. The van der Waals surface area contributed by atoms with Crippen LogP contribution in [-0.4, -0.2) is 25.5 Å². The number of carboxylic acid groups (broad SMARTS) is 1. The van der Waals surface area contributed by atoms with Gasteiger partial charge in [0.25, 0.3) is 0 Å². The molecule has 2 N–H and O–H groups in total. The van der Waals surface area contributed by atoms with Crippen molar-refractivity contribution in [1.29, 1.82) is 0 Å². The molecule has 0 aromatic heterocycles. The third-order valence-corrected chi connectivity index (χ3v) is 4.73. The lowest BCUT2D eigenvalue weighted by atomic mass is 10.2. The van der Waals surface area contributed by atoms with Gasteiger partial charge in [-0.1, -0.05) is 0 Å². The number of rotatable bonds is 5. The Labute approximate surface area is 110 Å². The molecule has 1 aromatic carbocycles. The van der Waals surface area contributed by atoms with E-state index in [9.17, 15) is 17.6 Å². The second-order valence-electron chi connectivity index (χ2n) is 4.70. The van der Waals surface area contributed by atoms with Crippen LogP contribution in [-0.2, 0) is 10.0 Å². The van der Waals surface area contributed by atoms with Crippen LogP contribution in [0.25, 0.3) is 0 Å². The number of benzene rings is 1. The molecule has 104 valence electrons. The predicted octanol–water partition coefficient (Wildman–Crippen LogP) is 1.60. The van der Waals surface area contributed by atoms with Gasteiger partial charge < -0.3 is 5.11 Å². The molecule has 0 radical (unpaired) electrons. The number of hydrogen-bond acceptors (Lipinski definition) is 3. The Bertz CT molecular complexity index is 610. The van der Waals surface area contributed by atoms with Crippen molar-refractivity contribution in [2.75, 3.05) is 0 Å². The molecule has 1 unspecified atom stereocenters. The standard InChI is InChI=1S/C12H14FNO4S/c1-7(8-2-3-8)14-19(17,18)11-5-4-9(12(15)16)6-10(11)13/h4-8,14H,2-3H2,1H3,(H,15,16). The summed E-state index contributed by atoms with van der Waals surface area (Å²) in [7, 11) is -3.96. The number of sulfonamides is 1. The first-order chi connectivity index (χ1) is 8.81. The Morgan fingerprint density at radius 3 is 2.58 bits per heavy atom. The third kappa shape index (κ3) is 3.10. The molecule has 0 aliphatic heterocycles. The minimum Gasteiger partial charge on any atom is -0.478 e.